The van der Waals surface area contributed by atoms with E-state index in [1.807, 2.05) is 0 Å². The van der Waals surface area contributed by atoms with Gasteiger partial charge in [0.2, 0.25) is 0 Å². The summed E-state index contributed by atoms with van der Waals surface area (Å²) in [6.07, 6.45) is 0. The molecule has 0 aliphatic heterocycles. The molecule has 0 unspecified atom stereocenters. The molecule has 0 bridgehead atoms. The Labute approximate surface area is 102 Å². The Bertz CT molecular complexity index is 445. The summed E-state index contributed by atoms with van der Waals surface area (Å²) >= 11 is 5.24. The van der Waals surface area contributed by atoms with E-state index in [1.165, 1.54) is 19.9 Å². The van der Waals surface area contributed by atoms with Gasteiger partial charge in [-0.25, -0.2) is 0 Å². The number of hydrogen-bond donors (Lipinski definition) is 0. The molecular formula is C12H12BrNS. The third kappa shape index (κ3) is 2.41. The van der Waals surface area contributed by atoms with E-state index >= 15 is 0 Å². The van der Waals surface area contributed by atoms with Gasteiger partial charge in [-0.1, -0.05) is 12.1 Å². The first-order valence-corrected chi connectivity index (χ1v) is 6.31. The van der Waals surface area contributed by atoms with E-state index in [9.17, 15) is 0 Å². The molecule has 78 valence electrons. The van der Waals surface area contributed by atoms with Gasteiger partial charge in [0.05, 0.1) is 3.79 Å². The predicted molar refractivity (Wildman–Crippen MR) is 71.8 cm³/mol. The summed E-state index contributed by atoms with van der Waals surface area (Å²) in [6, 6.07) is 12.8. The number of halogens is 1. The van der Waals surface area contributed by atoms with Gasteiger partial charge in [0, 0.05) is 24.7 Å². The summed E-state index contributed by atoms with van der Waals surface area (Å²) in [4.78, 5) is 3.40. The van der Waals surface area contributed by atoms with Crippen LogP contribution in [0.3, 0.4) is 0 Å². The normalized spacial score (nSPS) is 10.3. The van der Waals surface area contributed by atoms with Crippen LogP contribution in [0.5, 0.6) is 0 Å². The minimum absolute atomic E-state index is 1.18. The van der Waals surface area contributed by atoms with E-state index in [4.69, 9.17) is 0 Å². The largest absolute Gasteiger partial charge is 0.378 e. The third-order valence-corrected chi connectivity index (χ3v) is 3.91. The van der Waals surface area contributed by atoms with Crippen molar-refractivity contribution in [2.75, 3.05) is 19.0 Å². The van der Waals surface area contributed by atoms with Gasteiger partial charge < -0.3 is 4.90 Å². The van der Waals surface area contributed by atoms with Crippen LogP contribution in [0.15, 0.2) is 40.2 Å². The van der Waals surface area contributed by atoms with Gasteiger partial charge in [-0.05, 0) is 45.8 Å². The van der Waals surface area contributed by atoms with Gasteiger partial charge in [0.15, 0.2) is 0 Å². The van der Waals surface area contributed by atoms with E-state index in [0.717, 1.165) is 0 Å². The van der Waals surface area contributed by atoms with E-state index < -0.39 is 0 Å². The fourth-order valence-corrected chi connectivity index (χ4v) is 2.78. The molecule has 0 aliphatic rings. The lowest BCUT2D eigenvalue weighted by atomic mass is 10.2. The monoisotopic (exact) mass is 281 g/mol. The van der Waals surface area contributed by atoms with Crippen LogP contribution in [0.1, 0.15) is 0 Å². The first kappa shape index (κ1) is 10.7. The molecule has 0 amide bonds. The lowest BCUT2D eigenvalue weighted by Crippen LogP contribution is -2.07. The average Bonchev–Trinajstić information content (AvgIpc) is 2.65. The van der Waals surface area contributed by atoms with E-state index in [0.29, 0.717) is 0 Å². The highest BCUT2D eigenvalue weighted by atomic mass is 79.9. The van der Waals surface area contributed by atoms with Crippen LogP contribution in [-0.2, 0) is 0 Å². The fourth-order valence-electron chi connectivity index (χ4n) is 1.39. The number of benzene rings is 1. The van der Waals surface area contributed by atoms with Gasteiger partial charge in [0.1, 0.15) is 0 Å². The topological polar surface area (TPSA) is 3.24 Å². The molecule has 0 saturated carbocycles. The van der Waals surface area contributed by atoms with Gasteiger partial charge in [-0.2, -0.15) is 0 Å². The molecule has 15 heavy (non-hydrogen) atoms. The van der Waals surface area contributed by atoms with E-state index in [2.05, 4.69) is 71.3 Å². The minimum atomic E-state index is 1.18. The lowest BCUT2D eigenvalue weighted by molar-refractivity contribution is 1.13. The van der Waals surface area contributed by atoms with Crippen molar-refractivity contribution in [2.24, 2.45) is 0 Å². The molecule has 1 heterocycles. The predicted octanol–water partition coefficient (Wildman–Crippen LogP) is 4.24. The molecular weight excluding hydrogens is 270 g/mol. The summed E-state index contributed by atoms with van der Waals surface area (Å²) in [5.41, 5.74) is 2.51. The fraction of sp³-hybridized carbons (Fsp3) is 0.167. The molecule has 0 spiro atoms. The molecule has 0 atom stereocenters. The third-order valence-electron chi connectivity index (χ3n) is 2.24. The van der Waals surface area contributed by atoms with Crippen molar-refractivity contribution in [3.63, 3.8) is 0 Å². The van der Waals surface area contributed by atoms with E-state index in [-0.39, 0.29) is 0 Å². The Kier molecular flexibility index (Phi) is 3.12. The Morgan fingerprint density at radius 1 is 1.00 bits per heavy atom. The maximum atomic E-state index is 3.48. The summed E-state index contributed by atoms with van der Waals surface area (Å²) in [5.74, 6) is 0. The standard InChI is InChI=1S/C12H12BrNS/c1-14(2)10-5-3-9(4-6-10)11-7-8-12(13)15-11/h3-8H,1-2H3. The molecule has 2 rings (SSSR count). The van der Waals surface area contributed by atoms with Gasteiger partial charge in [-0.15, -0.1) is 11.3 Å². The lowest BCUT2D eigenvalue weighted by Gasteiger charge is -2.12. The first-order chi connectivity index (χ1) is 7.16. The summed E-state index contributed by atoms with van der Waals surface area (Å²) < 4.78 is 1.18. The van der Waals surface area contributed by atoms with Crippen molar-refractivity contribution in [3.8, 4) is 10.4 Å². The van der Waals surface area contributed by atoms with Crippen LogP contribution in [0.25, 0.3) is 10.4 Å². The maximum absolute atomic E-state index is 3.48. The SMILES string of the molecule is CN(C)c1ccc(-c2ccc(Br)s2)cc1. The average molecular weight is 282 g/mol. The number of anilines is 1. The molecule has 0 N–H and O–H groups in total. The van der Waals surface area contributed by atoms with Crippen LogP contribution in [-0.4, -0.2) is 14.1 Å². The van der Waals surface area contributed by atoms with Gasteiger partial charge >= 0.3 is 0 Å². The molecule has 1 nitrogen and oxygen atoms in total. The van der Waals surface area contributed by atoms with Crippen molar-refractivity contribution in [1.29, 1.82) is 0 Å². The molecule has 0 saturated heterocycles. The summed E-state index contributed by atoms with van der Waals surface area (Å²) in [5, 5.41) is 0. The Morgan fingerprint density at radius 3 is 2.13 bits per heavy atom. The Hall–Kier alpha value is -0.800. The Balaban J connectivity index is 2.31. The van der Waals surface area contributed by atoms with Crippen molar-refractivity contribution in [2.45, 2.75) is 0 Å². The Morgan fingerprint density at radius 2 is 1.67 bits per heavy atom. The molecule has 3 heteroatoms. The van der Waals surface area contributed by atoms with E-state index in [1.54, 1.807) is 11.3 Å². The number of rotatable bonds is 2. The molecule has 1 aromatic heterocycles. The van der Waals surface area contributed by atoms with Gasteiger partial charge in [0.25, 0.3) is 0 Å². The molecule has 0 radical (unpaired) electrons. The van der Waals surface area contributed by atoms with Crippen LogP contribution in [0.2, 0.25) is 0 Å². The van der Waals surface area contributed by atoms with Crippen LogP contribution < -0.4 is 4.90 Å². The molecule has 0 fully saturated rings. The molecule has 0 aliphatic carbocycles. The second-order valence-corrected chi connectivity index (χ2v) is 6.01. The van der Waals surface area contributed by atoms with Crippen molar-refractivity contribution < 1.29 is 0 Å². The second-order valence-electron chi connectivity index (χ2n) is 3.55. The summed E-state index contributed by atoms with van der Waals surface area (Å²) in [6.45, 7) is 0. The zero-order valence-electron chi connectivity index (χ0n) is 8.70. The van der Waals surface area contributed by atoms with Crippen molar-refractivity contribution >= 4 is 33.0 Å². The van der Waals surface area contributed by atoms with Crippen LogP contribution in [0, 0.1) is 0 Å². The van der Waals surface area contributed by atoms with Crippen molar-refractivity contribution in [1.82, 2.24) is 0 Å². The zero-order chi connectivity index (χ0) is 10.8. The highest BCUT2D eigenvalue weighted by molar-refractivity contribution is 9.11. The summed E-state index contributed by atoms with van der Waals surface area (Å²) in [7, 11) is 4.10. The van der Waals surface area contributed by atoms with Crippen molar-refractivity contribution in [3.05, 3.63) is 40.2 Å². The smallest absolute Gasteiger partial charge is 0.0705 e. The highest BCUT2D eigenvalue weighted by Gasteiger charge is 2.01. The highest BCUT2D eigenvalue weighted by Crippen LogP contribution is 2.31. The number of hydrogen-bond acceptors (Lipinski definition) is 2. The maximum Gasteiger partial charge on any atom is 0.0705 e. The quantitative estimate of drug-likeness (QED) is 0.796. The molecule has 2 aromatic rings. The second kappa shape index (κ2) is 4.37. The zero-order valence-corrected chi connectivity index (χ0v) is 11.1. The van der Waals surface area contributed by atoms with Crippen LogP contribution >= 0.6 is 27.3 Å². The minimum Gasteiger partial charge on any atom is -0.378 e. The molecule has 1 aromatic carbocycles. The number of thiophene rings is 1. The van der Waals surface area contributed by atoms with Gasteiger partial charge in [-0.3, -0.25) is 0 Å². The number of nitrogens with zero attached hydrogens (tertiary/aromatic N) is 1. The van der Waals surface area contributed by atoms with Crippen LogP contribution in [0.4, 0.5) is 5.69 Å². The first-order valence-electron chi connectivity index (χ1n) is 4.70.